The number of benzene rings is 2. The Morgan fingerprint density at radius 3 is 2.57 bits per heavy atom. The number of hydrogen-bond donors (Lipinski definition) is 2. The molecule has 2 heterocycles. The fraction of sp³-hybridized carbons (Fsp3) is 0.182. The molecule has 152 valence electrons. The Kier molecular flexibility index (Phi) is 5.30. The van der Waals surface area contributed by atoms with E-state index >= 15 is 0 Å². The molecule has 1 aliphatic rings. The Hall–Kier alpha value is -3.94. The van der Waals surface area contributed by atoms with Crippen molar-refractivity contribution in [1.82, 2.24) is 9.97 Å². The minimum absolute atomic E-state index is 0.101. The maximum absolute atomic E-state index is 12.6. The predicted molar refractivity (Wildman–Crippen MR) is 111 cm³/mol. The number of ether oxygens (including phenoxy) is 1. The first kappa shape index (κ1) is 19.4. The SMILES string of the molecule is COc1ccc(N2CC(C(=O)Nc3cnc(-c4cccc(O)c4)nc3)CC2=O)cc1. The smallest absolute Gasteiger partial charge is 0.229 e. The van der Waals surface area contributed by atoms with Crippen LogP contribution in [0.5, 0.6) is 11.5 Å². The van der Waals surface area contributed by atoms with Crippen LogP contribution in [0.25, 0.3) is 11.4 Å². The lowest BCUT2D eigenvalue weighted by molar-refractivity contribution is -0.122. The number of hydrogen-bond acceptors (Lipinski definition) is 6. The van der Waals surface area contributed by atoms with Gasteiger partial charge in [0.05, 0.1) is 31.1 Å². The molecule has 1 aromatic heterocycles. The zero-order valence-electron chi connectivity index (χ0n) is 16.3. The molecular weight excluding hydrogens is 384 g/mol. The van der Waals surface area contributed by atoms with Gasteiger partial charge in [-0.1, -0.05) is 12.1 Å². The summed E-state index contributed by atoms with van der Waals surface area (Å²) < 4.78 is 5.14. The second kappa shape index (κ2) is 8.20. The van der Waals surface area contributed by atoms with Gasteiger partial charge < -0.3 is 20.1 Å². The lowest BCUT2D eigenvalue weighted by atomic mass is 10.1. The van der Waals surface area contributed by atoms with Gasteiger partial charge in [0.1, 0.15) is 11.5 Å². The van der Waals surface area contributed by atoms with Gasteiger partial charge in [-0.2, -0.15) is 0 Å². The van der Waals surface area contributed by atoms with Crippen LogP contribution >= 0.6 is 0 Å². The molecule has 0 spiro atoms. The summed E-state index contributed by atoms with van der Waals surface area (Å²) in [4.78, 5) is 35.1. The van der Waals surface area contributed by atoms with Crippen molar-refractivity contribution in [1.29, 1.82) is 0 Å². The van der Waals surface area contributed by atoms with E-state index in [1.807, 2.05) is 0 Å². The van der Waals surface area contributed by atoms with Gasteiger partial charge in [0.25, 0.3) is 0 Å². The minimum atomic E-state index is -0.467. The molecule has 1 atom stereocenters. The second-order valence-corrected chi connectivity index (χ2v) is 6.94. The number of nitrogens with one attached hydrogen (secondary N) is 1. The number of aromatic nitrogens is 2. The van der Waals surface area contributed by atoms with Gasteiger partial charge in [0, 0.05) is 24.2 Å². The topological polar surface area (TPSA) is 105 Å². The monoisotopic (exact) mass is 404 g/mol. The summed E-state index contributed by atoms with van der Waals surface area (Å²) in [6, 6.07) is 13.8. The molecule has 8 heteroatoms. The first-order valence-corrected chi connectivity index (χ1v) is 9.40. The number of amides is 2. The molecule has 1 unspecified atom stereocenters. The lowest BCUT2D eigenvalue weighted by Crippen LogP contribution is -2.28. The van der Waals surface area contributed by atoms with Crippen LogP contribution in [-0.2, 0) is 9.59 Å². The van der Waals surface area contributed by atoms with Crippen LogP contribution in [0.4, 0.5) is 11.4 Å². The van der Waals surface area contributed by atoms with E-state index in [2.05, 4.69) is 15.3 Å². The van der Waals surface area contributed by atoms with Crippen molar-refractivity contribution < 1.29 is 19.4 Å². The third-order valence-electron chi connectivity index (χ3n) is 4.90. The maximum Gasteiger partial charge on any atom is 0.229 e. The van der Waals surface area contributed by atoms with E-state index in [9.17, 15) is 14.7 Å². The number of aromatic hydroxyl groups is 1. The highest BCUT2D eigenvalue weighted by Crippen LogP contribution is 2.27. The standard InChI is InChI=1S/C22H20N4O4/c1-30-19-7-5-17(6-8-19)26-13-15(10-20(26)28)22(29)25-16-11-23-21(24-12-16)14-3-2-4-18(27)9-14/h2-9,11-12,15,27H,10,13H2,1H3,(H,25,29). The van der Waals surface area contributed by atoms with Crippen molar-refractivity contribution in [3.63, 3.8) is 0 Å². The Labute approximate surface area is 173 Å². The van der Waals surface area contributed by atoms with Gasteiger partial charge in [-0.3, -0.25) is 9.59 Å². The summed E-state index contributed by atoms with van der Waals surface area (Å²) in [7, 11) is 1.58. The highest BCUT2D eigenvalue weighted by Gasteiger charge is 2.35. The summed E-state index contributed by atoms with van der Waals surface area (Å²) in [6.07, 6.45) is 3.14. The van der Waals surface area contributed by atoms with E-state index in [1.165, 1.54) is 12.4 Å². The molecule has 1 saturated heterocycles. The number of phenolic OH excluding ortho intramolecular Hbond substituents is 1. The molecule has 2 N–H and O–H groups in total. The zero-order chi connectivity index (χ0) is 21.1. The van der Waals surface area contributed by atoms with Crippen LogP contribution in [0.1, 0.15) is 6.42 Å². The number of rotatable bonds is 5. The normalized spacial score (nSPS) is 15.8. The Morgan fingerprint density at radius 2 is 1.90 bits per heavy atom. The van der Waals surface area contributed by atoms with Gasteiger partial charge in [-0.25, -0.2) is 9.97 Å². The first-order chi connectivity index (χ1) is 14.5. The average Bonchev–Trinajstić information content (AvgIpc) is 3.16. The molecule has 3 aromatic rings. The molecule has 0 saturated carbocycles. The molecule has 4 rings (SSSR count). The van der Waals surface area contributed by atoms with E-state index < -0.39 is 5.92 Å². The Balaban J connectivity index is 1.40. The molecular formula is C22H20N4O4. The first-order valence-electron chi connectivity index (χ1n) is 9.40. The van der Waals surface area contributed by atoms with E-state index in [0.29, 0.717) is 29.4 Å². The predicted octanol–water partition coefficient (Wildman–Crippen LogP) is 2.85. The number of carbonyl (C=O) groups excluding carboxylic acids is 2. The fourth-order valence-electron chi connectivity index (χ4n) is 3.33. The summed E-state index contributed by atoms with van der Waals surface area (Å²) in [5, 5.41) is 12.3. The van der Waals surface area contributed by atoms with Gasteiger partial charge in [-0.15, -0.1) is 0 Å². The van der Waals surface area contributed by atoms with Crippen molar-refractivity contribution >= 4 is 23.2 Å². The summed E-state index contributed by atoms with van der Waals surface area (Å²) in [5.41, 5.74) is 1.85. The third kappa shape index (κ3) is 4.07. The largest absolute Gasteiger partial charge is 0.508 e. The number of methoxy groups -OCH3 is 1. The Bertz CT molecular complexity index is 1070. The number of phenols is 1. The van der Waals surface area contributed by atoms with Gasteiger partial charge in [0.2, 0.25) is 11.8 Å². The molecule has 0 aliphatic carbocycles. The van der Waals surface area contributed by atoms with E-state index in [4.69, 9.17) is 4.74 Å². The molecule has 30 heavy (non-hydrogen) atoms. The molecule has 2 aromatic carbocycles. The summed E-state index contributed by atoms with van der Waals surface area (Å²) in [5.74, 6) is 0.439. The summed E-state index contributed by atoms with van der Waals surface area (Å²) >= 11 is 0. The molecule has 8 nitrogen and oxygen atoms in total. The van der Waals surface area contributed by atoms with E-state index in [0.717, 1.165) is 5.69 Å². The van der Waals surface area contributed by atoms with E-state index in [1.54, 1.807) is 60.5 Å². The van der Waals surface area contributed by atoms with Crippen molar-refractivity contribution in [2.24, 2.45) is 5.92 Å². The lowest BCUT2D eigenvalue weighted by Gasteiger charge is -2.17. The van der Waals surface area contributed by atoms with E-state index in [-0.39, 0.29) is 24.0 Å². The van der Waals surface area contributed by atoms with Crippen LogP contribution in [0, 0.1) is 5.92 Å². The molecule has 0 radical (unpaired) electrons. The average molecular weight is 404 g/mol. The number of carbonyl (C=O) groups is 2. The fourth-order valence-corrected chi connectivity index (χ4v) is 3.33. The van der Waals surface area contributed by atoms with Crippen molar-refractivity contribution in [2.45, 2.75) is 6.42 Å². The highest BCUT2D eigenvalue weighted by molar-refractivity contribution is 6.03. The summed E-state index contributed by atoms with van der Waals surface area (Å²) in [6.45, 7) is 0.305. The maximum atomic E-state index is 12.6. The van der Waals surface area contributed by atoms with Crippen molar-refractivity contribution in [3.8, 4) is 22.9 Å². The third-order valence-corrected chi connectivity index (χ3v) is 4.90. The molecule has 1 aliphatic heterocycles. The van der Waals surface area contributed by atoms with Crippen molar-refractivity contribution in [3.05, 3.63) is 60.9 Å². The second-order valence-electron chi connectivity index (χ2n) is 6.94. The molecule has 1 fully saturated rings. The molecule has 0 bridgehead atoms. The quantitative estimate of drug-likeness (QED) is 0.678. The number of anilines is 2. The van der Waals surface area contributed by atoms with Crippen LogP contribution in [0.3, 0.4) is 0 Å². The van der Waals surface area contributed by atoms with Gasteiger partial charge in [0.15, 0.2) is 5.82 Å². The zero-order valence-corrected chi connectivity index (χ0v) is 16.3. The van der Waals surface area contributed by atoms with Crippen LogP contribution in [0.15, 0.2) is 60.9 Å². The van der Waals surface area contributed by atoms with Gasteiger partial charge in [-0.05, 0) is 36.4 Å². The van der Waals surface area contributed by atoms with Crippen LogP contribution in [-0.4, -0.2) is 40.5 Å². The molecule has 2 amide bonds. The minimum Gasteiger partial charge on any atom is -0.508 e. The highest BCUT2D eigenvalue weighted by atomic mass is 16.5. The van der Waals surface area contributed by atoms with Crippen LogP contribution < -0.4 is 15.0 Å². The van der Waals surface area contributed by atoms with Crippen molar-refractivity contribution in [2.75, 3.05) is 23.9 Å². The van der Waals surface area contributed by atoms with Gasteiger partial charge >= 0.3 is 0 Å². The number of nitrogens with zero attached hydrogens (tertiary/aromatic N) is 3. The van der Waals surface area contributed by atoms with Crippen LogP contribution in [0.2, 0.25) is 0 Å². The Morgan fingerprint density at radius 1 is 1.17 bits per heavy atom.